The molecule has 6 nitrogen and oxygen atoms in total. The average Bonchev–Trinajstić information content (AvgIpc) is 3.26. The molecule has 0 aromatic heterocycles. The first kappa shape index (κ1) is 22.9. The number of amides is 1. The van der Waals surface area contributed by atoms with Crippen LogP contribution in [0.5, 0.6) is 11.5 Å². The third-order valence-corrected chi connectivity index (χ3v) is 6.29. The van der Waals surface area contributed by atoms with Crippen molar-refractivity contribution in [3.05, 3.63) is 23.8 Å². The van der Waals surface area contributed by atoms with E-state index in [1.165, 1.54) is 32.1 Å². The van der Waals surface area contributed by atoms with Crippen LogP contribution in [0, 0.1) is 0 Å². The molecule has 1 aromatic rings. The zero-order chi connectivity index (χ0) is 21.4. The van der Waals surface area contributed by atoms with Crippen molar-refractivity contribution in [2.75, 3.05) is 32.8 Å². The summed E-state index contributed by atoms with van der Waals surface area (Å²) >= 11 is 0. The van der Waals surface area contributed by atoms with E-state index in [-0.39, 0.29) is 11.9 Å². The number of hydrogen-bond donors (Lipinski definition) is 2. The van der Waals surface area contributed by atoms with Crippen molar-refractivity contribution in [3.8, 4) is 11.5 Å². The number of hydrogen-bond acceptors (Lipinski definition) is 5. The smallest absolute Gasteiger partial charge is 0.220 e. The Morgan fingerprint density at radius 3 is 2.60 bits per heavy atom. The molecule has 1 amide bonds. The minimum Gasteiger partial charge on any atom is -0.486 e. The average molecular weight is 416 g/mol. The highest BCUT2D eigenvalue weighted by Crippen LogP contribution is 2.35. The highest BCUT2D eigenvalue weighted by molar-refractivity contribution is 6.15. The number of nitrogens with one attached hydrogen (secondary N) is 1. The Hall–Kier alpha value is -1.73. The number of carbonyl (C=O) groups excluding carboxylic acids is 1. The van der Waals surface area contributed by atoms with Gasteiger partial charge in [0.05, 0.1) is 11.5 Å². The third kappa shape index (κ3) is 6.14. The second kappa shape index (κ2) is 11.1. The Balaban J connectivity index is 1.69. The van der Waals surface area contributed by atoms with Gasteiger partial charge in [0.15, 0.2) is 19.3 Å². The molecular weight excluding hydrogens is 379 g/mol. The molecule has 0 radical (unpaired) electrons. The molecule has 0 spiro atoms. The van der Waals surface area contributed by atoms with Gasteiger partial charge in [0.2, 0.25) is 5.91 Å². The molecule has 0 unspecified atom stereocenters. The predicted octanol–water partition coefficient (Wildman–Crippen LogP) is 2.18. The number of ether oxygens (including phenoxy) is 2. The van der Waals surface area contributed by atoms with E-state index in [4.69, 9.17) is 9.47 Å². The lowest BCUT2D eigenvalue weighted by Gasteiger charge is -2.37. The van der Waals surface area contributed by atoms with Crippen LogP contribution in [0.15, 0.2) is 18.2 Å². The first-order valence-electron chi connectivity index (χ1n) is 11.6. The lowest BCUT2D eigenvalue weighted by molar-refractivity contribution is -0.123. The van der Waals surface area contributed by atoms with Gasteiger partial charge in [-0.15, -0.1) is 0 Å². The van der Waals surface area contributed by atoms with E-state index in [1.807, 2.05) is 18.2 Å². The zero-order valence-corrected chi connectivity index (χ0v) is 18.6. The summed E-state index contributed by atoms with van der Waals surface area (Å²) in [7, 11) is 1.79. The second-order valence-electron chi connectivity index (χ2n) is 8.80. The van der Waals surface area contributed by atoms with Crippen LogP contribution in [-0.2, 0) is 10.3 Å². The van der Waals surface area contributed by atoms with E-state index in [9.17, 15) is 9.90 Å². The third-order valence-electron chi connectivity index (χ3n) is 6.29. The minimum atomic E-state index is -1.21. The van der Waals surface area contributed by atoms with Gasteiger partial charge in [-0.05, 0) is 50.0 Å². The molecule has 30 heavy (non-hydrogen) atoms. The van der Waals surface area contributed by atoms with Crippen LogP contribution in [0.4, 0.5) is 0 Å². The molecule has 1 fully saturated rings. The maximum absolute atomic E-state index is 12.7. The quantitative estimate of drug-likeness (QED) is 0.428. The monoisotopic (exact) mass is 416 g/mol. The van der Waals surface area contributed by atoms with E-state index in [0.717, 1.165) is 31.5 Å². The molecule has 0 saturated carbocycles. The second-order valence-corrected chi connectivity index (χ2v) is 8.80. The molecule has 3 rings (SSSR count). The summed E-state index contributed by atoms with van der Waals surface area (Å²) in [5, 5.41) is 14.7. The molecule has 2 aliphatic rings. The van der Waals surface area contributed by atoms with Crippen LogP contribution in [0.2, 0.25) is 0 Å². The van der Waals surface area contributed by atoms with E-state index in [2.05, 4.69) is 17.1 Å². The van der Waals surface area contributed by atoms with Gasteiger partial charge in [-0.3, -0.25) is 4.79 Å². The van der Waals surface area contributed by atoms with Gasteiger partial charge in [-0.1, -0.05) is 38.7 Å². The summed E-state index contributed by atoms with van der Waals surface area (Å²) in [6, 6.07) is 5.19. The topological polar surface area (TPSA) is 71.0 Å². The largest absolute Gasteiger partial charge is 0.486 e. The maximum atomic E-state index is 12.7. The van der Waals surface area contributed by atoms with Crippen molar-refractivity contribution < 1.29 is 19.4 Å². The molecule has 1 aromatic carbocycles. The molecule has 166 valence electrons. The van der Waals surface area contributed by atoms with Gasteiger partial charge in [0.1, 0.15) is 13.2 Å². The maximum Gasteiger partial charge on any atom is 0.220 e. The first-order valence-corrected chi connectivity index (χ1v) is 11.6. The standard InChI is InChI=1S/C23H37BN2O4/c1-2-3-4-5-6-9-22(27)25-21(17-26-12-7-8-13-26)23(24,28)18-10-11-19-20(16-18)30-15-14-29-19/h10-11,16,21,28H,2-9,12-15,17,24H2,1H3,(H,25,27)/t21-,23-/m1/s1. The number of rotatable bonds is 11. The molecule has 2 aliphatic heterocycles. The van der Waals surface area contributed by atoms with Crippen LogP contribution >= 0.6 is 0 Å². The van der Waals surface area contributed by atoms with Crippen molar-refractivity contribution >= 4 is 13.8 Å². The number of likely N-dealkylation sites (tertiary alicyclic amines) is 1. The van der Waals surface area contributed by atoms with Gasteiger partial charge in [0, 0.05) is 13.0 Å². The number of nitrogens with zero attached hydrogens (tertiary/aromatic N) is 1. The van der Waals surface area contributed by atoms with Crippen LogP contribution in [0.1, 0.15) is 63.9 Å². The zero-order valence-electron chi connectivity index (χ0n) is 18.6. The summed E-state index contributed by atoms with van der Waals surface area (Å²) in [5.74, 6) is 1.38. The fourth-order valence-corrected chi connectivity index (χ4v) is 4.30. The predicted molar refractivity (Wildman–Crippen MR) is 121 cm³/mol. The SMILES string of the molecule is B[C@@](O)(c1ccc2c(c1)OCCO2)[C@@H](CN1CCCC1)NC(=O)CCCCCCC. The lowest BCUT2D eigenvalue weighted by atomic mass is 9.70. The number of aliphatic hydroxyl groups is 1. The van der Waals surface area contributed by atoms with Crippen LogP contribution in [-0.4, -0.2) is 62.6 Å². The Kier molecular flexibility index (Phi) is 8.46. The van der Waals surface area contributed by atoms with Gasteiger partial charge < -0.3 is 24.8 Å². The molecule has 7 heteroatoms. The molecule has 2 atom stereocenters. The fraction of sp³-hybridized carbons (Fsp3) is 0.696. The number of fused-ring (bicyclic) bond motifs is 1. The van der Waals surface area contributed by atoms with E-state index in [0.29, 0.717) is 37.7 Å². The fourth-order valence-electron chi connectivity index (χ4n) is 4.30. The van der Waals surface area contributed by atoms with Crippen molar-refractivity contribution in [1.82, 2.24) is 10.2 Å². The summed E-state index contributed by atoms with van der Waals surface area (Å²) in [6.45, 7) is 5.90. The number of unbranched alkanes of at least 4 members (excludes halogenated alkanes) is 4. The molecule has 1 saturated heterocycles. The number of benzene rings is 1. The normalized spacial score (nSPS) is 19.3. The number of carbonyl (C=O) groups is 1. The van der Waals surface area contributed by atoms with E-state index in [1.54, 1.807) is 7.85 Å². The van der Waals surface area contributed by atoms with E-state index < -0.39 is 5.50 Å². The first-order chi connectivity index (χ1) is 14.5. The van der Waals surface area contributed by atoms with Gasteiger partial charge in [0.25, 0.3) is 0 Å². The van der Waals surface area contributed by atoms with Crippen molar-refractivity contribution in [1.29, 1.82) is 0 Å². The van der Waals surface area contributed by atoms with Crippen molar-refractivity contribution in [2.45, 2.75) is 69.8 Å². The summed E-state index contributed by atoms with van der Waals surface area (Å²) in [4.78, 5) is 15.0. The molecular formula is C23H37BN2O4. The van der Waals surface area contributed by atoms with Crippen LogP contribution in [0.3, 0.4) is 0 Å². The highest BCUT2D eigenvalue weighted by atomic mass is 16.6. The van der Waals surface area contributed by atoms with Crippen molar-refractivity contribution in [3.63, 3.8) is 0 Å². The van der Waals surface area contributed by atoms with Gasteiger partial charge in [-0.2, -0.15) is 0 Å². The van der Waals surface area contributed by atoms with Gasteiger partial charge in [-0.25, -0.2) is 0 Å². The Morgan fingerprint density at radius 2 is 1.87 bits per heavy atom. The van der Waals surface area contributed by atoms with Crippen molar-refractivity contribution in [2.24, 2.45) is 0 Å². The minimum absolute atomic E-state index is 0.0218. The van der Waals surface area contributed by atoms with Gasteiger partial charge >= 0.3 is 0 Å². The molecule has 0 aliphatic carbocycles. The summed E-state index contributed by atoms with van der Waals surface area (Å²) in [6.07, 6.45) is 8.42. The molecule has 2 N–H and O–H groups in total. The highest BCUT2D eigenvalue weighted by Gasteiger charge is 2.37. The Bertz CT molecular complexity index is 692. The summed E-state index contributed by atoms with van der Waals surface area (Å²) < 4.78 is 11.3. The van der Waals surface area contributed by atoms with Crippen LogP contribution in [0.25, 0.3) is 0 Å². The van der Waals surface area contributed by atoms with E-state index >= 15 is 0 Å². The Labute approximate surface area is 181 Å². The lowest BCUT2D eigenvalue weighted by Crippen LogP contribution is -2.56. The summed E-state index contributed by atoms with van der Waals surface area (Å²) in [5.41, 5.74) is -0.477. The molecule has 0 bridgehead atoms. The molecule has 2 heterocycles. The Morgan fingerprint density at radius 1 is 1.17 bits per heavy atom. The van der Waals surface area contributed by atoms with Crippen LogP contribution < -0.4 is 14.8 Å².